The van der Waals surface area contributed by atoms with Gasteiger partial charge in [-0.1, -0.05) is 13.8 Å². The molecule has 2 saturated heterocycles. The first-order chi connectivity index (χ1) is 6.09. The van der Waals surface area contributed by atoms with Crippen molar-refractivity contribution in [3.8, 4) is 0 Å². The van der Waals surface area contributed by atoms with E-state index in [1.54, 1.807) is 6.92 Å². The third-order valence-electron chi connectivity index (χ3n) is 3.82. The van der Waals surface area contributed by atoms with Gasteiger partial charge in [0.25, 0.3) is 0 Å². The summed E-state index contributed by atoms with van der Waals surface area (Å²) in [5, 5.41) is 0. The number of carbonyl (C=O) groups excluding carboxylic acids is 1. The molecule has 1 saturated carbocycles. The van der Waals surface area contributed by atoms with Crippen LogP contribution in [0.3, 0.4) is 0 Å². The Labute approximate surface area is 80.3 Å². The van der Waals surface area contributed by atoms with Gasteiger partial charge in [-0.3, -0.25) is 4.79 Å². The highest BCUT2D eigenvalue weighted by atomic mass is 16.2. The third-order valence-corrected chi connectivity index (χ3v) is 3.82. The Balaban J connectivity index is 1.98. The SMILES string of the molecule is CC(=O)N1CC2CC(C1)C2C(C)C. The Morgan fingerprint density at radius 3 is 2.23 bits per heavy atom. The predicted octanol–water partition coefficient (Wildman–Crippen LogP) is 1.76. The lowest BCUT2D eigenvalue weighted by atomic mass is 9.57. The van der Waals surface area contributed by atoms with Gasteiger partial charge in [0.15, 0.2) is 0 Å². The van der Waals surface area contributed by atoms with E-state index < -0.39 is 0 Å². The molecule has 2 bridgehead atoms. The summed E-state index contributed by atoms with van der Waals surface area (Å²) in [7, 11) is 0. The maximum atomic E-state index is 11.2. The molecule has 2 aliphatic heterocycles. The molecule has 0 aromatic rings. The minimum Gasteiger partial charge on any atom is -0.342 e. The van der Waals surface area contributed by atoms with E-state index in [1.807, 2.05) is 4.90 Å². The van der Waals surface area contributed by atoms with Gasteiger partial charge in [-0.05, 0) is 30.1 Å². The lowest BCUT2D eigenvalue weighted by Crippen LogP contribution is -2.57. The van der Waals surface area contributed by atoms with Crippen LogP contribution >= 0.6 is 0 Å². The third kappa shape index (κ3) is 1.36. The molecule has 0 N–H and O–H groups in total. The van der Waals surface area contributed by atoms with Crippen LogP contribution in [0, 0.1) is 23.7 Å². The molecule has 3 fully saturated rings. The smallest absolute Gasteiger partial charge is 0.219 e. The van der Waals surface area contributed by atoms with Crippen molar-refractivity contribution < 1.29 is 4.79 Å². The van der Waals surface area contributed by atoms with Crippen molar-refractivity contribution in [3.63, 3.8) is 0 Å². The van der Waals surface area contributed by atoms with Crippen molar-refractivity contribution in [1.82, 2.24) is 4.90 Å². The molecule has 2 atom stereocenters. The van der Waals surface area contributed by atoms with Crippen LogP contribution in [0.25, 0.3) is 0 Å². The summed E-state index contributed by atoms with van der Waals surface area (Å²) in [4.78, 5) is 13.2. The molecule has 74 valence electrons. The second-order valence-corrected chi connectivity index (χ2v) is 5.00. The first-order valence-electron chi connectivity index (χ1n) is 5.35. The molecular weight excluding hydrogens is 162 g/mol. The second-order valence-electron chi connectivity index (χ2n) is 5.00. The molecule has 0 aromatic carbocycles. The molecule has 2 heteroatoms. The second kappa shape index (κ2) is 3.00. The van der Waals surface area contributed by atoms with Gasteiger partial charge in [-0.25, -0.2) is 0 Å². The van der Waals surface area contributed by atoms with E-state index in [0.717, 1.165) is 36.8 Å². The van der Waals surface area contributed by atoms with Crippen molar-refractivity contribution in [3.05, 3.63) is 0 Å². The largest absolute Gasteiger partial charge is 0.342 e. The normalized spacial score (nSPS) is 37.5. The molecule has 0 radical (unpaired) electrons. The van der Waals surface area contributed by atoms with Gasteiger partial charge in [0.2, 0.25) is 5.91 Å². The maximum Gasteiger partial charge on any atom is 0.219 e. The van der Waals surface area contributed by atoms with Crippen LogP contribution < -0.4 is 0 Å². The molecule has 2 nitrogen and oxygen atoms in total. The van der Waals surface area contributed by atoms with Crippen LogP contribution in [0.1, 0.15) is 27.2 Å². The summed E-state index contributed by atoms with van der Waals surface area (Å²) in [6.07, 6.45) is 1.37. The Morgan fingerprint density at radius 1 is 1.31 bits per heavy atom. The number of piperidine rings is 2. The van der Waals surface area contributed by atoms with Gasteiger partial charge < -0.3 is 4.90 Å². The van der Waals surface area contributed by atoms with Crippen molar-refractivity contribution >= 4 is 5.91 Å². The molecule has 0 aromatic heterocycles. The molecule has 3 aliphatic rings. The van der Waals surface area contributed by atoms with Gasteiger partial charge in [0.1, 0.15) is 0 Å². The summed E-state index contributed by atoms with van der Waals surface area (Å²) in [5.74, 6) is 3.58. The van der Waals surface area contributed by atoms with E-state index >= 15 is 0 Å². The van der Waals surface area contributed by atoms with Crippen LogP contribution in [-0.4, -0.2) is 23.9 Å². The zero-order valence-electron chi connectivity index (χ0n) is 8.79. The van der Waals surface area contributed by atoms with Crippen molar-refractivity contribution in [2.45, 2.75) is 27.2 Å². The molecule has 1 aliphatic carbocycles. The maximum absolute atomic E-state index is 11.2. The zero-order chi connectivity index (χ0) is 9.59. The fraction of sp³-hybridized carbons (Fsp3) is 0.909. The summed E-state index contributed by atoms with van der Waals surface area (Å²) < 4.78 is 0. The van der Waals surface area contributed by atoms with E-state index in [-0.39, 0.29) is 5.91 Å². The fourth-order valence-corrected chi connectivity index (χ4v) is 3.27. The van der Waals surface area contributed by atoms with Crippen molar-refractivity contribution in [2.24, 2.45) is 23.7 Å². The van der Waals surface area contributed by atoms with Crippen LogP contribution in [0.4, 0.5) is 0 Å². The number of fused-ring (bicyclic) bond motifs is 2. The lowest BCUT2D eigenvalue weighted by molar-refractivity contribution is -0.142. The number of rotatable bonds is 1. The van der Waals surface area contributed by atoms with Gasteiger partial charge >= 0.3 is 0 Å². The predicted molar refractivity (Wildman–Crippen MR) is 52.2 cm³/mol. The highest BCUT2D eigenvalue weighted by Gasteiger charge is 2.47. The van der Waals surface area contributed by atoms with Crippen molar-refractivity contribution in [1.29, 1.82) is 0 Å². The van der Waals surface area contributed by atoms with Crippen LogP contribution in [0.2, 0.25) is 0 Å². The number of hydrogen-bond donors (Lipinski definition) is 0. The van der Waals surface area contributed by atoms with Crippen LogP contribution in [-0.2, 0) is 4.79 Å². The minimum absolute atomic E-state index is 0.261. The fourth-order valence-electron chi connectivity index (χ4n) is 3.27. The summed E-state index contributed by atoms with van der Waals surface area (Å²) in [5.41, 5.74) is 0. The molecule has 2 heterocycles. The zero-order valence-corrected chi connectivity index (χ0v) is 8.79. The van der Waals surface area contributed by atoms with E-state index in [1.165, 1.54) is 6.42 Å². The van der Waals surface area contributed by atoms with E-state index in [2.05, 4.69) is 13.8 Å². The molecular formula is C11H19NO. The molecule has 2 unspecified atom stereocenters. The van der Waals surface area contributed by atoms with E-state index in [0.29, 0.717) is 0 Å². The highest BCUT2D eigenvalue weighted by molar-refractivity contribution is 5.73. The minimum atomic E-state index is 0.261. The van der Waals surface area contributed by atoms with E-state index in [9.17, 15) is 4.79 Å². The average molecular weight is 181 g/mol. The summed E-state index contributed by atoms with van der Waals surface area (Å²) >= 11 is 0. The topological polar surface area (TPSA) is 20.3 Å². The number of carbonyl (C=O) groups is 1. The molecule has 3 rings (SSSR count). The quantitative estimate of drug-likeness (QED) is 0.603. The summed E-state index contributed by atoms with van der Waals surface area (Å²) in [6, 6.07) is 0. The summed E-state index contributed by atoms with van der Waals surface area (Å²) in [6.45, 7) is 8.36. The van der Waals surface area contributed by atoms with Gasteiger partial charge in [0.05, 0.1) is 0 Å². The number of amides is 1. The molecule has 1 amide bonds. The van der Waals surface area contributed by atoms with Gasteiger partial charge in [0, 0.05) is 20.0 Å². The van der Waals surface area contributed by atoms with Crippen LogP contribution in [0.15, 0.2) is 0 Å². The molecule has 0 spiro atoms. The number of hydrogen-bond acceptors (Lipinski definition) is 1. The van der Waals surface area contributed by atoms with Gasteiger partial charge in [-0.2, -0.15) is 0 Å². The van der Waals surface area contributed by atoms with E-state index in [4.69, 9.17) is 0 Å². The van der Waals surface area contributed by atoms with Crippen LogP contribution in [0.5, 0.6) is 0 Å². The van der Waals surface area contributed by atoms with Gasteiger partial charge in [-0.15, -0.1) is 0 Å². The first-order valence-corrected chi connectivity index (χ1v) is 5.35. The standard InChI is InChI=1S/C11H19NO/c1-7(2)11-9-4-10(11)6-12(5-9)8(3)13/h7,9-11H,4-6H2,1-3H3. The Morgan fingerprint density at radius 2 is 1.85 bits per heavy atom. The Kier molecular flexibility index (Phi) is 2.09. The average Bonchev–Trinajstić information content (AvgIpc) is 2.03. The Bertz CT molecular complexity index is 212. The highest BCUT2D eigenvalue weighted by Crippen LogP contribution is 2.48. The lowest BCUT2D eigenvalue weighted by Gasteiger charge is -2.55. The molecule has 13 heavy (non-hydrogen) atoms. The Hall–Kier alpha value is -0.530. The number of nitrogens with zero attached hydrogens (tertiary/aromatic N) is 1. The monoisotopic (exact) mass is 181 g/mol. The van der Waals surface area contributed by atoms with Crippen molar-refractivity contribution in [2.75, 3.05) is 13.1 Å². The first kappa shape index (κ1) is 9.04.